The van der Waals surface area contributed by atoms with Crippen molar-refractivity contribution >= 4 is 44.9 Å². The lowest BCUT2D eigenvalue weighted by molar-refractivity contribution is 0.478. The van der Waals surface area contributed by atoms with E-state index in [0.717, 1.165) is 17.9 Å². The van der Waals surface area contributed by atoms with E-state index in [2.05, 4.69) is 77.5 Å². The van der Waals surface area contributed by atoms with Crippen molar-refractivity contribution in [1.29, 1.82) is 0 Å². The third kappa shape index (κ3) is 2.77. The Labute approximate surface area is 136 Å². The zero-order chi connectivity index (χ0) is 14.1. The van der Waals surface area contributed by atoms with Gasteiger partial charge in [-0.25, -0.2) is 0 Å². The van der Waals surface area contributed by atoms with Crippen LogP contribution in [0.4, 0.5) is 0 Å². The Morgan fingerprint density at radius 2 is 2.15 bits per heavy atom. The highest BCUT2D eigenvalue weighted by atomic mass is 127. The van der Waals surface area contributed by atoms with E-state index in [4.69, 9.17) is 4.42 Å². The molecule has 0 spiro atoms. The van der Waals surface area contributed by atoms with Crippen LogP contribution in [0.2, 0.25) is 0 Å². The first-order valence-electron chi connectivity index (χ1n) is 6.65. The number of hydrogen-bond acceptors (Lipinski definition) is 3. The second kappa shape index (κ2) is 5.87. The van der Waals surface area contributed by atoms with E-state index < -0.39 is 0 Å². The first kappa shape index (κ1) is 14.1. The third-order valence-corrected chi connectivity index (χ3v) is 5.11. The van der Waals surface area contributed by atoms with Gasteiger partial charge in [-0.2, -0.15) is 0 Å². The van der Waals surface area contributed by atoms with Crippen LogP contribution >= 0.6 is 33.9 Å². The normalized spacial score (nSPS) is 12.9. The van der Waals surface area contributed by atoms with Crippen LogP contribution in [-0.2, 0) is 0 Å². The van der Waals surface area contributed by atoms with Crippen molar-refractivity contribution in [3.05, 3.63) is 55.5 Å². The zero-order valence-electron chi connectivity index (χ0n) is 11.4. The van der Waals surface area contributed by atoms with Gasteiger partial charge in [0.25, 0.3) is 0 Å². The number of halogens is 1. The molecule has 2 aromatic heterocycles. The van der Waals surface area contributed by atoms with Crippen molar-refractivity contribution in [1.82, 2.24) is 5.32 Å². The molecule has 2 nitrogen and oxygen atoms in total. The monoisotopic (exact) mass is 397 g/mol. The maximum atomic E-state index is 6.04. The van der Waals surface area contributed by atoms with E-state index >= 15 is 0 Å². The van der Waals surface area contributed by atoms with Crippen LogP contribution in [0.15, 0.2) is 40.1 Å². The summed E-state index contributed by atoms with van der Waals surface area (Å²) in [5.41, 5.74) is 3.49. The number of nitrogens with one attached hydrogen (secondary N) is 1. The van der Waals surface area contributed by atoms with Crippen LogP contribution < -0.4 is 5.32 Å². The SMILES string of the molecule is CCNC(c1csc(I)c1)c1cc2cc(C)ccc2o1. The van der Waals surface area contributed by atoms with Gasteiger partial charge in [0, 0.05) is 5.39 Å². The van der Waals surface area contributed by atoms with Gasteiger partial charge in [0.05, 0.1) is 8.93 Å². The number of fused-ring (bicyclic) bond motifs is 1. The number of thiophene rings is 1. The Balaban J connectivity index is 2.04. The van der Waals surface area contributed by atoms with Crippen LogP contribution in [0, 0.1) is 9.81 Å². The van der Waals surface area contributed by atoms with Gasteiger partial charge in [0.2, 0.25) is 0 Å². The minimum Gasteiger partial charge on any atom is -0.459 e. The lowest BCUT2D eigenvalue weighted by atomic mass is 10.1. The van der Waals surface area contributed by atoms with Crippen molar-refractivity contribution in [2.45, 2.75) is 19.9 Å². The van der Waals surface area contributed by atoms with Gasteiger partial charge < -0.3 is 9.73 Å². The molecule has 3 aromatic rings. The average Bonchev–Trinajstić information content (AvgIpc) is 3.01. The Hall–Kier alpha value is -0.850. The fourth-order valence-electron chi connectivity index (χ4n) is 2.39. The molecule has 2 heterocycles. The van der Waals surface area contributed by atoms with Crippen molar-refractivity contribution in [3.8, 4) is 0 Å². The summed E-state index contributed by atoms with van der Waals surface area (Å²) in [5.74, 6) is 0.988. The molecule has 0 bridgehead atoms. The maximum absolute atomic E-state index is 6.04. The first-order chi connectivity index (χ1) is 9.67. The van der Waals surface area contributed by atoms with Crippen LogP contribution in [0.5, 0.6) is 0 Å². The molecule has 3 rings (SSSR count). The molecule has 4 heteroatoms. The topological polar surface area (TPSA) is 25.2 Å². The molecule has 0 radical (unpaired) electrons. The van der Waals surface area contributed by atoms with Crippen LogP contribution in [-0.4, -0.2) is 6.54 Å². The Bertz CT molecular complexity index is 731. The molecular formula is C16H16INOS. The van der Waals surface area contributed by atoms with Gasteiger partial charge in [-0.3, -0.25) is 0 Å². The van der Waals surface area contributed by atoms with Crippen molar-refractivity contribution in [2.24, 2.45) is 0 Å². The molecule has 0 amide bonds. The number of hydrogen-bond donors (Lipinski definition) is 1. The summed E-state index contributed by atoms with van der Waals surface area (Å²) in [7, 11) is 0. The summed E-state index contributed by atoms with van der Waals surface area (Å²) < 4.78 is 7.34. The maximum Gasteiger partial charge on any atom is 0.134 e. The third-order valence-electron chi connectivity index (χ3n) is 3.30. The summed E-state index contributed by atoms with van der Waals surface area (Å²) in [4.78, 5) is 0. The summed E-state index contributed by atoms with van der Waals surface area (Å²) in [6, 6.07) is 10.8. The molecular weight excluding hydrogens is 381 g/mol. The van der Waals surface area contributed by atoms with Gasteiger partial charge in [0.15, 0.2) is 0 Å². The largest absolute Gasteiger partial charge is 0.459 e. The van der Waals surface area contributed by atoms with Crippen molar-refractivity contribution < 1.29 is 4.42 Å². The molecule has 0 aliphatic rings. The summed E-state index contributed by atoms with van der Waals surface area (Å²) in [5, 5.41) is 6.89. The van der Waals surface area contributed by atoms with E-state index in [1.165, 1.54) is 19.4 Å². The second-order valence-corrected chi connectivity index (χ2v) is 7.67. The molecule has 1 unspecified atom stereocenters. The number of rotatable bonds is 4. The highest BCUT2D eigenvalue weighted by molar-refractivity contribution is 14.1. The van der Waals surface area contributed by atoms with Gasteiger partial charge in [0.1, 0.15) is 11.3 Å². The summed E-state index contributed by atoms with van der Waals surface area (Å²) >= 11 is 4.13. The van der Waals surface area contributed by atoms with E-state index in [0.29, 0.717) is 0 Å². The van der Waals surface area contributed by atoms with E-state index in [1.54, 1.807) is 11.3 Å². The molecule has 0 fully saturated rings. The van der Waals surface area contributed by atoms with Crippen LogP contribution in [0.3, 0.4) is 0 Å². The molecule has 104 valence electrons. The standard InChI is InChI=1S/C16H16INOS/c1-3-18-16(12-8-15(17)20-9-12)14-7-11-6-10(2)4-5-13(11)19-14/h4-9,16,18H,3H2,1-2H3. The summed E-state index contributed by atoms with van der Waals surface area (Å²) in [6.07, 6.45) is 0. The molecule has 0 saturated heterocycles. The van der Waals surface area contributed by atoms with Crippen LogP contribution in [0.1, 0.15) is 29.9 Å². The molecule has 0 aliphatic heterocycles. The van der Waals surface area contributed by atoms with Crippen molar-refractivity contribution in [3.63, 3.8) is 0 Å². The molecule has 0 aliphatic carbocycles. The van der Waals surface area contributed by atoms with Gasteiger partial charge >= 0.3 is 0 Å². The predicted molar refractivity (Wildman–Crippen MR) is 93.5 cm³/mol. The highest BCUT2D eigenvalue weighted by Crippen LogP contribution is 2.31. The van der Waals surface area contributed by atoms with Gasteiger partial charge in [-0.15, -0.1) is 11.3 Å². The quantitative estimate of drug-likeness (QED) is 0.620. The number of furan rings is 1. The fraction of sp³-hybridized carbons (Fsp3) is 0.250. The first-order valence-corrected chi connectivity index (χ1v) is 8.60. The highest BCUT2D eigenvalue weighted by Gasteiger charge is 2.18. The molecule has 0 saturated carbocycles. The minimum absolute atomic E-state index is 0.132. The fourth-order valence-corrected chi connectivity index (χ4v) is 3.79. The summed E-state index contributed by atoms with van der Waals surface area (Å²) in [6.45, 7) is 5.14. The Kier molecular flexibility index (Phi) is 4.14. The molecule has 1 aromatic carbocycles. The number of benzene rings is 1. The van der Waals surface area contributed by atoms with Crippen molar-refractivity contribution in [2.75, 3.05) is 6.54 Å². The Morgan fingerprint density at radius 1 is 1.30 bits per heavy atom. The second-order valence-electron chi connectivity index (χ2n) is 4.86. The average molecular weight is 397 g/mol. The molecule has 1 N–H and O–H groups in total. The van der Waals surface area contributed by atoms with E-state index in [1.807, 2.05) is 0 Å². The number of aryl methyl sites for hydroxylation is 1. The minimum atomic E-state index is 0.132. The lowest BCUT2D eigenvalue weighted by Gasteiger charge is -2.13. The Morgan fingerprint density at radius 3 is 2.85 bits per heavy atom. The van der Waals surface area contributed by atoms with Crippen LogP contribution in [0.25, 0.3) is 11.0 Å². The zero-order valence-corrected chi connectivity index (χ0v) is 14.4. The predicted octanol–water partition coefficient (Wildman–Crippen LogP) is 5.11. The molecule has 20 heavy (non-hydrogen) atoms. The van der Waals surface area contributed by atoms with Gasteiger partial charge in [-0.1, -0.05) is 18.6 Å². The van der Waals surface area contributed by atoms with Gasteiger partial charge in [-0.05, 0) is 71.3 Å². The van der Waals surface area contributed by atoms with E-state index in [9.17, 15) is 0 Å². The lowest BCUT2D eigenvalue weighted by Crippen LogP contribution is -2.20. The smallest absolute Gasteiger partial charge is 0.134 e. The van der Waals surface area contributed by atoms with E-state index in [-0.39, 0.29) is 6.04 Å². The molecule has 1 atom stereocenters.